The Morgan fingerprint density at radius 1 is 1.16 bits per heavy atom. The Balaban J connectivity index is 1.66. The molecule has 1 aliphatic rings. The van der Waals surface area contributed by atoms with Gasteiger partial charge in [-0.05, 0) is 37.6 Å². The summed E-state index contributed by atoms with van der Waals surface area (Å²) in [6.07, 6.45) is 1.73. The van der Waals surface area contributed by atoms with E-state index in [1.54, 1.807) is 37.1 Å². The van der Waals surface area contributed by atoms with E-state index in [9.17, 15) is 14.0 Å². The van der Waals surface area contributed by atoms with E-state index in [1.165, 1.54) is 6.07 Å². The van der Waals surface area contributed by atoms with Crippen LogP contribution in [0.3, 0.4) is 0 Å². The monoisotopic (exact) mass is 363 g/mol. The van der Waals surface area contributed by atoms with Crippen LogP contribution in [0.5, 0.6) is 0 Å². The molecule has 0 radical (unpaired) electrons. The van der Waals surface area contributed by atoms with Crippen LogP contribution in [0, 0.1) is 19.7 Å². The molecular weight excluding hydrogens is 345 g/mol. The van der Waals surface area contributed by atoms with E-state index in [4.69, 9.17) is 11.6 Å². The fourth-order valence-corrected chi connectivity index (χ4v) is 3.28. The van der Waals surface area contributed by atoms with Gasteiger partial charge >= 0.3 is 0 Å². The standard InChI is InChI=1S/C18H19ClFN3O2/c1-11-10-21-12(2)16(11)17(24)18(25)23-7-5-22(6-8-23)13-3-4-15(20)14(19)9-13/h3-4,9-10,21H,5-8H2,1-2H3. The molecule has 1 aliphatic heterocycles. The molecule has 0 unspecified atom stereocenters. The highest BCUT2D eigenvalue weighted by Crippen LogP contribution is 2.24. The van der Waals surface area contributed by atoms with Crippen LogP contribution in [0.25, 0.3) is 0 Å². The lowest BCUT2D eigenvalue weighted by molar-refractivity contribution is -0.126. The molecule has 0 atom stereocenters. The molecule has 3 rings (SSSR count). The summed E-state index contributed by atoms with van der Waals surface area (Å²) in [5.74, 6) is -1.42. The first-order chi connectivity index (χ1) is 11.9. The zero-order valence-electron chi connectivity index (χ0n) is 14.1. The molecule has 0 spiro atoms. The first-order valence-corrected chi connectivity index (χ1v) is 8.44. The molecule has 1 N–H and O–H groups in total. The summed E-state index contributed by atoms with van der Waals surface area (Å²) in [6.45, 7) is 5.58. The van der Waals surface area contributed by atoms with Crippen LogP contribution >= 0.6 is 11.6 Å². The maximum atomic E-state index is 13.3. The molecule has 0 aliphatic carbocycles. The van der Waals surface area contributed by atoms with Gasteiger partial charge in [-0.3, -0.25) is 9.59 Å². The molecule has 0 saturated carbocycles. The molecule has 5 nitrogen and oxygen atoms in total. The van der Waals surface area contributed by atoms with E-state index in [1.807, 2.05) is 4.90 Å². The summed E-state index contributed by atoms with van der Waals surface area (Å²) in [4.78, 5) is 31.6. The number of Topliss-reactive ketones (excluding diaryl/α,β-unsaturated/α-hetero) is 1. The van der Waals surface area contributed by atoms with Gasteiger partial charge in [-0.15, -0.1) is 0 Å². The van der Waals surface area contributed by atoms with E-state index in [-0.39, 0.29) is 5.02 Å². The first kappa shape index (κ1) is 17.5. The van der Waals surface area contributed by atoms with Crippen LogP contribution in [0.1, 0.15) is 21.6 Å². The molecule has 25 heavy (non-hydrogen) atoms. The van der Waals surface area contributed by atoms with Gasteiger partial charge in [0, 0.05) is 43.8 Å². The summed E-state index contributed by atoms with van der Waals surface area (Å²) < 4.78 is 13.3. The third-order valence-electron chi connectivity index (χ3n) is 4.53. The molecule has 0 bridgehead atoms. The van der Waals surface area contributed by atoms with Crippen molar-refractivity contribution in [3.8, 4) is 0 Å². The zero-order chi connectivity index (χ0) is 18.1. The Hall–Kier alpha value is -2.34. The van der Waals surface area contributed by atoms with Gasteiger partial charge in [0.2, 0.25) is 0 Å². The molecule has 1 saturated heterocycles. The van der Waals surface area contributed by atoms with E-state index in [0.29, 0.717) is 37.4 Å². The minimum atomic E-state index is -0.484. The quantitative estimate of drug-likeness (QED) is 0.673. The van der Waals surface area contributed by atoms with E-state index < -0.39 is 17.5 Å². The number of H-pyrrole nitrogens is 1. The number of hydrogen-bond acceptors (Lipinski definition) is 3. The van der Waals surface area contributed by atoms with Crippen molar-refractivity contribution in [2.45, 2.75) is 13.8 Å². The number of carbonyl (C=O) groups excluding carboxylic acids is 2. The molecule has 7 heteroatoms. The number of aryl methyl sites for hydroxylation is 2. The lowest BCUT2D eigenvalue weighted by Gasteiger charge is -2.35. The molecule has 2 aromatic rings. The molecule has 1 amide bonds. The third kappa shape index (κ3) is 3.39. The van der Waals surface area contributed by atoms with E-state index in [0.717, 1.165) is 11.3 Å². The second kappa shape index (κ2) is 6.88. The van der Waals surface area contributed by atoms with Crippen LogP contribution in [0.2, 0.25) is 5.02 Å². The summed E-state index contributed by atoms with van der Waals surface area (Å²) >= 11 is 5.83. The maximum Gasteiger partial charge on any atom is 0.295 e. The van der Waals surface area contributed by atoms with Gasteiger partial charge in [0.15, 0.2) is 0 Å². The third-order valence-corrected chi connectivity index (χ3v) is 4.82. The van der Waals surface area contributed by atoms with E-state index >= 15 is 0 Å². The zero-order valence-corrected chi connectivity index (χ0v) is 14.9. The van der Waals surface area contributed by atoms with Gasteiger partial charge in [0.05, 0.1) is 10.6 Å². The number of aromatic amines is 1. The van der Waals surface area contributed by atoms with E-state index in [2.05, 4.69) is 4.98 Å². The minimum Gasteiger partial charge on any atom is -0.368 e. The largest absolute Gasteiger partial charge is 0.368 e. The molecule has 1 aromatic heterocycles. The van der Waals surface area contributed by atoms with Crippen LogP contribution in [0.4, 0.5) is 10.1 Å². The van der Waals surface area contributed by atoms with Crippen molar-refractivity contribution in [1.82, 2.24) is 9.88 Å². The normalized spacial score (nSPS) is 14.7. The number of amides is 1. The lowest BCUT2D eigenvalue weighted by Crippen LogP contribution is -2.50. The Bertz CT molecular complexity index is 806. The molecule has 2 heterocycles. The number of carbonyl (C=O) groups is 2. The fourth-order valence-electron chi connectivity index (χ4n) is 3.11. The number of nitrogens with one attached hydrogen (secondary N) is 1. The molecular formula is C18H19ClFN3O2. The van der Waals surface area contributed by atoms with Gasteiger partial charge in [-0.1, -0.05) is 11.6 Å². The second-order valence-electron chi connectivity index (χ2n) is 6.18. The molecule has 1 aromatic carbocycles. The lowest BCUT2D eigenvalue weighted by atomic mass is 10.1. The first-order valence-electron chi connectivity index (χ1n) is 8.06. The van der Waals surface area contributed by atoms with Crippen molar-refractivity contribution < 1.29 is 14.0 Å². The average molecular weight is 364 g/mol. The SMILES string of the molecule is Cc1c[nH]c(C)c1C(=O)C(=O)N1CCN(c2ccc(F)c(Cl)c2)CC1. The number of benzene rings is 1. The van der Waals surface area contributed by atoms with Crippen LogP contribution < -0.4 is 4.90 Å². The number of anilines is 1. The number of halogens is 2. The second-order valence-corrected chi connectivity index (χ2v) is 6.59. The van der Waals surface area contributed by atoms with Crippen molar-refractivity contribution >= 4 is 29.0 Å². The number of rotatable bonds is 3. The van der Waals surface area contributed by atoms with Gasteiger partial charge in [-0.25, -0.2) is 4.39 Å². The Labute approximate surface area is 150 Å². The highest BCUT2D eigenvalue weighted by atomic mass is 35.5. The van der Waals surface area contributed by atoms with Gasteiger partial charge in [-0.2, -0.15) is 0 Å². The van der Waals surface area contributed by atoms with Crippen LogP contribution in [-0.2, 0) is 4.79 Å². The highest BCUT2D eigenvalue weighted by Gasteiger charge is 2.29. The van der Waals surface area contributed by atoms with Crippen molar-refractivity contribution in [2.75, 3.05) is 31.1 Å². The van der Waals surface area contributed by atoms with Crippen molar-refractivity contribution in [3.63, 3.8) is 0 Å². The smallest absolute Gasteiger partial charge is 0.295 e. The topological polar surface area (TPSA) is 56.4 Å². The van der Waals surface area contributed by atoms with Crippen molar-refractivity contribution in [3.05, 3.63) is 52.1 Å². The maximum absolute atomic E-state index is 13.3. The van der Waals surface area contributed by atoms with Gasteiger partial charge in [0.1, 0.15) is 5.82 Å². The number of nitrogens with zero attached hydrogens (tertiary/aromatic N) is 2. The molecule has 1 fully saturated rings. The number of aromatic nitrogens is 1. The Morgan fingerprint density at radius 2 is 1.84 bits per heavy atom. The average Bonchev–Trinajstić information content (AvgIpc) is 2.95. The Morgan fingerprint density at radius 3 is 2.40 bits per heavy atom. The fraction of sp³-hybridized carbons (Fsp3) is 0.333. The summed E-state index contributed by atoms with van der Waals surface area (Å²) in [5, 5.41) is 0.0737. The van der Waals surface area contributed by atoms with Crippen LogP contribution in [-0.4, -0.2) is 47.8 Å². The number of ketones is 1. The summed E-state index contributed by atoms with van der Waals surface area (Å²) in [7, 11) is 0. The summed E-state index contributed by atoms with van der Waals surface area (Å²) in [5.41, 5.74) is 2.74. The minimum absolute atomic E-state index is 0.0737. The van der Waals surface area contributed by atoms with Gasteiger partial charge in [0.25, 0.3) is 11.7 Å². The number of hydrogen-bond donors (Lipinski definition) is 1. The van der Waals surface area contributed by atoms with Gasteiger partial charge < -0.3 is 14.8 Å². The summed E-state index contributed by atoms with van der Waals surface area (Å²) in [6, 6.07) is 4.57. The number of piperazine rings is 1. The van der Waals surface area contributed by atoms with Crippen molar-refractivity contribution in [2.24, 2.45) is 0 Å². The van der Waals surface area contributed by atoms with Crippen molar-refractivity contribution in [1.29, 1.82) is 0 Å². The predicted molar refractivity (Wildman–Crippen MR) is 94.8 cm³/mol. The Kier molecular flexibility index (Phi) is 4.81. The predicted octanol–water partition coefficient (Wildman–Crippen LogP) is 2.96. The molecule has 132 valence electrons. The van der Waals surface area contributed by atoms with Crippen LogP contribution in [0.15, 0.2) is 24.4 Å². The highest BCUT2D eigenvalue weighted by molar-refractivity contribution is 6.43.